The minimum absolute atomic E-state index is 0.0711. The molecule has 1 amide bonds. The first-order chi connectivity index (χ1) is 20.6. The van der Waals surface area contributed by atoms with Crippen molar-refractivity contribution in [1.82, 2.24) is 0 Å². The Bertz CT molecular complexity index is 1620. The van der Waals surface area contributed by atoms with Crippen molar-refractivity contribution in [2.24, 2.45) is 11.3 Å². The number of Topliss-reactive ketones (excluding diaryl/α,β-unsaturated/α-hetero) is 2. The number of methoxy groups -OCH3 is 1. The second-order valence-corrected chi connectivity index (χ2v) is 13.1. The van der Waals surface area contributed by atoms with E-state index in [4.69, 9.17) is 4.74 Å². The van der Waals surface area contributed by atoms with Gasteiger partial charge in [-0.05, 0) is 48.2 Å². The molecule has 222 valence electrons. The summed E-state index contributed by atoms with van der Waals surface area (Å²) in [6.45, 7) is 7.85. The first-order valence-corrected chi connectivity index (χ1v) is 15.4. The maximum Gasteiger partial charge on any atom is 0.238 e. The van der Waals surface area contributed by atoms with Gasteiger partial charge in [-0.3, -0.25) is 14.4 Å². The fourth-order valence-corrected chi connectivity index (χ4v) is 7.32. The van der Waals surface area contributed by atoms with Gasteiger partial charge in [-0.2, -0.15) is 0 Å². The molecule has 6 heteroatoms. The van der Waals surface area contributed by atoms with E-state index in [2.05, 4.69) is 12.2 Å². The highest BCUT2D eigenvalue weighted by Gasteiger charge is 2.70. The summed E-state index contributed by atoms with van der Waals surface area (Å²) >= 11 is 0. The molecular formula is C37H40N2O4. The zero-order valence-corrected chi connectivity index (χ0v) is 25.6. The number of amides is 1. The molecule has 3 aliphatic rings. The van der Waals surface area contributed by atoms with Gasteiger partial charge in [0.1, 0.15) is 17.2 Å². The van der Waals surface area contributed by atoms with Crippen LogP contribution in [0.1, 0.15) is 74.0 Å². The number of para-hydroxylation sites is 1. The van der Waals surface area contributed by atoms with E-state index in [1.54, 1.807) is 7.11 Å². The summed E-state index contributed by atoms with van der Waals surface area (Å²) in [5.74, 6) is -0.753. The molecule has 0 saturated carbocycles. The zero-order valence-electron chi connectivity index (χ0n) is 25.6. The molecule has 0 aromatic heterocycles. The minimum atomic E-state index is -1.30. The number of unbranched alkanes of at least 4 members (excludes halogenated alkanes) is 2. The predicted molar refractivity (Wildman–Crippen MR) is 171 cm³/mol. The maximum absolute atomic E-state index is 14.9. The molecule has 4 atom stereocenters. The molecule has 3 aromatic rings. The average molecular weight is 577 g/mol. The van der Waals surface area contributed by atoms with Gasteiger partial charge in [-0.15, -0.1) is 0 Å². The second-order valence-electron chi connectivity index (χ2n) is 13.1. The minimum Gasteiger partial charge on any atom is -0.497 e. The standard InChI is InChI=1S/C37H40N2O4/c1-6-7-8-11-23-14-16-24(17-15-23)33(40)31-32(34(41)36(2,3)4)39-29-20-19-26(43-5)22-25(29)18-21-30(39)37(31)27-12-9-10-13-28(27)38-35(37)42/h9-10,12-22,30-32H,6-8,11H2,1-5H3,(H,38,42)/t30-,31+,32-,37+/m1/s1. The number of anilines is 2. The number of carbonyl (C=O) groups excluding carboxylic acids is 3. The lowest BCUT2D eigenvalue weighted by molar-refractivity contribution is -0.128. The summed E-state index contributed by atoms with van der Waals surface area (Å²) in [5, 5.41) is 3.09. The molecule has 0 unspecified atom stereocenters. The molecule has 1 N–H and O–H groups in total. The van der Waals surface area contributed by atoms with Crippen molar-refractivity contribution < 1.29 is 19.1 Å². The van der Waals surface area contributed by atoms with Gasteiger partial charge in [0.05, 0.1) is 19.1 Å². The lowest BCUT2D eigenvalue weighted by atomic mass is 9.63. The molecule has 43 heavy (non-hydrogen) atoms. The van der Waals surface area contributed by atoms with Crippen LogP contribution in [-0.2, 0) is 21.4 Å². The first-order valence-electron chi connectivity index (χ1n) is 15.4. The molecule has 0 radical (unpaired) electrons. The molecular weight excluding hydrogens is 536 g/mol. The number of aryl methyl sites for hydroxylation is 1. The summed E-state index contributed by atoms with van der Waals surface area (Å²) in [6, 6.07) is 19.7. The molecule has 1 spiro atoms. The van der Waals surface area contributed by atoms with Crippen molar-refractivity contribution in [2.45, 2.75) is 70.9 Å². The fraction of sp³-hybridized carbons (Fsp3) is 0.378. The maximum atomic E-state index is 14.9. The van der Waals surface area contributed by atoms with E-state index in [0.717, 1.165) is 42.5 Å². The lowest BCUT2D eigenvalue weighted by Crippen LogP contribution is -2.51. The number of ether oxygens (including phenoxy) is 1. The van der Waals surface area contributed by atoms with Gasteiger partial charge in [0.2, 0.25) is 5.91 Å². The van der Waals surface area contributed by atoms with E-state index in [-0.39, 0.29) is 17.5 Å². The van der Waals surface area contributed by atoms with Crippen molar-refractivity contribution in [3.63, 3.8) is 0 Å². The Kier molecular flexibility index (Phi) is 7.27. The largest absolute Gasteiger partial charge is 0.497 e. The van der Waals surface area contributed by atoms with Crippen molar-refractivity contribution in [1.29, 1.82) is 0 Å². The number of ketones is 2. The quantitative estimate of drug-likeness (QED) is 0.231. The number of hydrogen-bond donors (Lipinski definition) is 1. The van der Waals surface area contributed by atoms with E-state index >= 15 is 0 Å². The molecule has 1 fully saturated rings. The van der Waals surface area contributed by atoms with Gasteiger partial charge in [0.25, 0.3) is 0 Å². The zero-order chi connectivity index (χ0) is 30.5. The number of carbonyl (C=O) groups is 3. The normalized spacial score (nSPS) is 23.5. The average Bonchev–Trinajstić information content (AvgIpc) is 3.48. The van der Waals surface area contributed by atoms with Gasteiger partial charge < -0.3 is 15.0 Å². The number of nitrogens with one attached hydrogen (secondary N) is 1. The Morgan fingerprint density at radius 2 is 1.74 bits per heavy atom. The molecule has 6 nitrogen and oxygen atoms in total. The van der Waals surface area contributed by atoms with Crippen LogP contribution in [0.2, 0.25) is 0 Å². The summed E-state index contributed by atoms with van der Waals surface area (Å²) in [4.78, 5) is 46.0. The van der Waals surface area contributed by atoms with Gasteiger partial charge in [-0.25, -0.2) is 0 Å². The second kappa shape index (κ2) is 10.8. The van der Waals surface area contributed by atoms with Crippen LogP contribution in [0.15, 0.2) is 72.8 Å². The molecule has 0 aliphatic carbocycles. The summed E-state index contributed by atoms with van der Waals surface area (Å²) in [5.41, 5.74) is 2.79. The Balaban J connectivity index is 1.57. The molecule has 3 aliphatic heterocycles. The Hall–Kier alpha value is -4.19. The van der Waals surface area contributed by atoms with Crippen molar-refractivity contribution in [3.05, 3.63) is 95.1 Å². The highest BCUT2D eigenvalue weighted by Crippen LogP contribution is 2.58. The van der Waals surface area contributed by atoms with Crippen LogP contribution in [0.5, 0.6) is 5.75 Å². The molecule has 3 heterocycles. The molecule has 6 rings (SSSR count). The molecule has 3 aromatic carbocycles. The summed E-state index contributed by atoms with van der Waals surface area (Å²) in [6.07, 6.45) is 8.35. The van der Waals surface area contributed by atoms with Gasteiger partial charge in [0.15, 0.2) is 11.6 Å². The van der Waals surface area contributed by atoms with Crippen LogP contribution in [0.25, 0.3) is 6.08 Å². The van der Waals surface area contributed by atoms with Gasteiger partial charge >= 0.3 is 0 Å². The number of nitrogens with zero attached hydrogens (tertiary/aromatic N) is 1. The highest BCUT2D eigenvalue weighted by molar-refractivity contribution is 6.17. The van der Waals surface area contributed by atoms with Crippen LogP contribution >= 0.6 is 0 Å². The fourth-order valence-electron chi connectivity index (χ4n) is 7.32. The Labute approximate surface area is 254 Å². The van der Waals surface area contributed by atoms with Crippen molar-refractivity contribution >= 4 is 34.9 Å². The third-order valence-corrected chi connectivity index (χ3v) is 9.44. The number of benzene rings is 3. The van der Waals surface area contributed by atoms with Crippen LogP contribution in [0.4, 0.5) is 11.4 Å². The van der Waals surface area contributed by atoms with Gasteiger partial charge in [-0.1, -0.05) is 95.2 Å². The van der Waals surface area contributed by atoms with Crippen LogP contribution in [0.3, 0.4) is 0 Å². The smallest absolute Gasteiger partial charge is 0.238 e. The SMILES string of the molecule is CCCCCc1ccc(C(=O)[C@@H]2[C@H](C(=O)C(C)(C)C)N3c4ccc(OC)cc4C=C[C@@H]3[C@]23C(=O)Nc2ccccc23)cc1. The molecule has 1 saturated heterocycles. The first kappa shape index (κ1) is 28.9. The number of fused-ring (bicyclic) bond motifs is 6. The topological polar surface area (TPSA) is 75.7 Å². The number of hydrogen-bond acceptors (Lipinski definition) is 5. The van der Waals surface area contributed by atoms with E-state index in [9.17, 15) is 14.4 Å². The van der Waals surface area contributed by atoms with E-state index in [1.165, 1.54) is 5.56 Å². The Morgan fingerprint density at radius 3 is 2.44 bits per heavy atom. The third kappa shape index (κ3) is 4.50. The highest BCUT2D eigenvalue weighted by atomic mass is 16.5. The van der Waals surface area contributed by atoms with E-state index < -0.39 is 28.8 Å². The lowest BCUT2D eigenvalue weighted by Gasteiger charge is -2.38. The van der Waals surface area contributed by atoms with Crippen LogP contribution in [-0.4, -0.2) is 36.7 Å². The monoisotopic (exact) mass is 576 g/mol. The van der Waals surface area contributed by atoms with Crippen LogP contribution in [0, 0.1) is 11.3 Å². The van der Waals surface area contributed by atoms with Gasteiger partial charge in [0, 0.05) is 27.9 Å². The summed E-state index contributed by atoms with van der Waals surface area (Å²) in [7, 11) is 1.62. The van der Waals surface area contributed by atoms with Crippen molar-refractivity contribution in [2.75, 3.05) is 17.3 Å². The van der Waals surface area contributed by atoms with Crippen molar-refractivity contribution in [3.8, 4) is 5.75 Å². The van der Waals surface area contributed by atoms with E-state index in [1.807, 2.05) is 105 Å². The van der Waals surface area contributed by atoms with E-state index in [0.29, 0.717) is 17.0 Å². The van der Waals surface area contributed by atoms with Crippen LogP contribution < -0.4 is 15.0 Å². The Morgan fingerprint density at radius 1 is 1.00 bits per heavy atom. The third-order valence-electron chi connectivity index (χ3n) is 9.44. The summed E-state index contributed by atoms with van der Waals surface area (Å²) < 4.78 is 5.50. The number of rotatable bonds is 8. The molecule has 0 bridgehead atoms. The predicted octanol–water partition coefficient (Wildman–Crippen LogP) is 7.02.